The summed E-state index contributed by atoms with van der Waals surface area (Å²) < 4.78 is 25.4. The molecule has 25 heavy (non-hydrogen) atoms. The van der Waals surface area contributed by atoms with Crippen LogP contribution < -0.4 is 5.32 Å². The summed E-state index contributed by atoms with van der Waals surface area (Å²) in [4.78, 5) is 12.8. The summed E-state index contributed by atoms with van der Waals surface area (Å²) in [5, 5.41) is 3.09. The number of nitrogens with one attached hydrogen (secondary N) is 1. The van der Waals surface area contributed by atoms with Crippen molar-refractivity contribution in [2.24, 2.45) is 5.92 Å². The van der Waals surface area contributed by atoms with E-state index in [0.717, 1.165) is 22.7 Å². The van der Waals surface area contributed by atoms with Crippen LogP contribution in [0.15, 0.2) is 59.5 Å². The maximum Gasteiger partial charge on any atom is 0.251 e. The summed E-state index contributed by atoms with van der Waals surface area (Å²) in [7, 11) is -0.523. The van der Waals surface area contributed by atoms with Crippen LogP contribution in [0.3, 0.4) is 0 Å². The first-order valence-electron chi connectivity index (χ1n) is 8.28. The first-order valence-corrected chi connectivity index (χ1v) is 9.72. The second-order valence-corrected chi connectivity index (χ2v) is 8.66. The van der Waals surface area contributed by atoms with E-state index in [9.17, 15) is 13.2 Å². The van der Waals surface area contributed by atoms with Gasteiger partial charge < -0.3 is 5.32 Å². The predicted molar refractivity (Wildman–Crippen MR) is 96.7 cm³/mol. The molecule has 0 saturated heterocycles. The first-order chi connectivity index (χ1) is 11.9. The van der Waals surface area contributed by atoms with Crippen molar-refractivity contribution < 1.29 is 13.2 Å². The Morgan fingerprint density at radius 1 is 1.04 bits per heavy atom. The van der Waals surface area contributed by atoms with Gasteiger partial charge in [0.1, 0.15) is 0 Å². The highest BCUT2D eigenvalue weighted by Gasteiger charge is 2.33. The van der Waals surface area contributed by atoms with E-state index in [1.807, 2.05) is 30.3 Å². The minimum absolute atomic E-state index is 0.00103. The smallest absolute Gasteiger partial charge is 0.251 e. The molecule has 132 valence electrons. The maximum absolute atomic E-state index is 12.6. The molecule has 2 aromatic carbocycles. The second kappa shape index (κ2) is 6.98. The molecule has 0 bridgehead atoms. The lowest BCUT2D eigenvalue weighted by Gasteiger charge is -2.19. The van der Waals surface area contributed by atoms with Crippen molar-refractivity contribution in [2.75, 3.05) is 14.1 Å². The lowest BCUT2D eigenvalue weighted by atomic mass is 10.0. The van der Waals surface area contributed by atoms with E-state index in [0.29, 0.717) is 11.5 Å². The van der Waals surface area contributed by atoms with Crippen molar-refractivity contribution in [1.82, 2.24) is 9.62 Å². The molecule has 1 amide bonds. The van der Waals surface area contributed by atoms with E-state index in [2.05, 4.69) is 5.32 Å². The van der Waals surface area contributed by atoms with Gasteiger partial charge in [-0.15, -0.1) is 0 Å². The molecule has 1 atom stereocenters. The fraction of sp³-hybridized carbons (Fsp3) is 0.316. The van der Waals surface area contributed by atoms with E-state index >= 15 is 0 Å². The number of rotatable bonds is 6. The average Bonchev–Trinajstić information content (AvgIpc) is 3.45. The van der Waals surface area contributed by atoms with Gasteiger partial charge in [0.05, 0.1) is 10.9 Å². The van der Waals surface area contributed by atoms with Crippen molar-refractivity contribution in [2.45, 2.75) is 23.8 Å². The van der Waals surface area contributed by atoms with Crippen molar-refractivity contribution in [3.05, 3.63) is 65.7 Å². The van der Waals surface area contributed by atoms with Gasteiger partial charge in [0.2, 0.25) is 10.0 Å². The molecule has 1 aliphatic carbocycles. The maximum atomic E-state index is 12.6. The Balaban J connectivity index is 1.77. The highest BCUT2D eigenvalue weighted by molar-refractivity contribution is 7.89. The standard InChI is InChI=1S/C19H22N2O3S/c1-21(2)25(23,24)17-12-10-16(11-13-17)19(22)20-18(15-8-9-15)14-6-4-3-5-7-14/h3-7,10-13,15,18H,8-9H2,1-2H3,(H,20,22). The summed E-state index contributed by atoms with van der Waals surface area (Å²) in [6, 6.07) is 16.0. The Morgan fingerprint density at radius 3 is 2.16 bits per heavy atom. The van der Waals surface area contributed by atoms with Gasteiger partial charge >= 0.3 is 0 Å². The SMILES string of the molecule is CN(C)S(=O)(=O)c1ccc(C(=O)NC(c2ccccc2)C2CC2)cc1. The molecule has 0 aromatic heterocycles. The van der Waals surface area contributed by atoms with E-state index in [1.165, 1.54) is 26.2 Å². The van der Waals surface area contributed by atoms with Crippen LogP contribution in [0.1, 0.15) is 34.8 Å². The fourth-order valence-corrected chi connectivity index (χ4v) is 3.68. The number of benzene rings is 2. The Labute approximate surface area is 148 Å². The van der Waals surface area contributed by atoms with Crippen LogP contribution in [0.25, 0.3) is 0 Å². The first kappa shape index (κ1) is 17.6. The van der Waals surface area contributed by atoms with Gasteiger partial charge in [-0.1, -0.05) is 30.3 Å². The lowest BCUT2D eigenvalue weighted by Crippen LogP contribution is -2.30. The third kappa shape index (κ3) is 3.91. The second-order valence-electron chi connectivity index (χ2n) is 6.51. The predicted octanol–water partition coefficient (Wildman–Crippen LogP) is 2.82. The highest BCUT2D eigenvalue weighted by Crippen LogP contribution is 2.41. The zero-order valence-electron chi connectivity index (χ0n) is 14.3. The number of sulfonamides is 1. The monoisotopic (exact) mass is 358 g/mol. The summed E-state index contributed by atoms with van der Waals surface area (Å²) in [6.07, 6.45) is 2.22. The molecular weight excluding hydrogens is 336 g/mol. The Bertz CT molecular complexity index is 842. The molecule has 1 saturated carbocycles. The van der Waals surface area contributed by atoms with Crippen molar-refractivity contribution in [3.63, 3.8) is 0 Å². The van der Waals surface area contributed by atoms with E-state index in [4.69, 9.17) is 0 Å². The Morgan fingerprint density at radius 2 is 1.64 bits per heavy atom. The van der Waals surface area contributed by atoms with Gasteiger partial charge in [-0.3, -0.25) is 4.79 Å². The van der Waals surface area contributed by atoms with Gasteiger partial charge in [-0.05, 0) is 48.6 Å². The molecule has 3 rings (SSSR count). The molecule has 1 N–H and O–H groups in total. The van der Waals surface area contributed by atoms with Crippen LogP contribution in [0.5, 0.6) is 0 Å². The van der Waals surface area contributed by atoms with Crippen molar-refractivity contribution >= 4 is 15.9 Å². The van der Waals surface area contributed by atoms with Gasteiger partial charge in [0, 0.05) is 19.7 Å². The Kier molecular flexibility index (Phi) is 4.92. The van der Waals surface area contributed by atoms with Crippen LogP contribution in [-0.2, 0) is 10.0 Å². The largest absolute Gasteiger partial charge is 0.345 e. The molecule has 0 spiro atoms. The number of nitrogens with zero attached hydrogens (tertiary/aromatic N) is 1. The fourth-order valence-electron chi connectivity index (χ4n) is 2.78. The van der Waals surface area contributed by atoms with E-state index in [-0.39, 0.29) is 16.8 Å². The molecule has 5 nitrogen and oxygen atoms in total. The minimum atomic E-state index is -3.49. The molecular formula is C19H22N2O3S. The molecule has 0 aliphatic heterocycles. The summed E-state index contributed by atoms with van der Waals surface area (Å²) in [6.45, 7) is 0. The highest BCUT2D eigenvalue weighted by atomic mass is 32.2. The third-order valence-electron chi connectivity index (χ3n) is 4.43. The molecule has 1 aliphatic rings. The van der Waals surface area contributed by atoms with Gasteiger partial charge in [0.15, 0.2) is 0 Å². The van der Waals surface area contributed by atoms with Crippen molar-refractivity contribution in [1.29, 1.82) is 0 Å². The van der Waals surface area contributed by atoms with Crippen LogP contribution in [0, 0.1) is 5.92 Å². The topological polar surface area (TPSA) is 66.5 Å². The van der Waals surface area contributed by atoms with E-state index in [1.54, 1.807) is 12.1 Å². The minimum Gasteiger partial charge on any atom is -0.345 e. The number of hydrogen-bond acceptors (Lipinski definition) is 3. The lowest BCUT2D eigenvalue weighted by molar-refractivity contribution is 0.0931. The third-order valence-corrected chi connectivity index (χ3v) is 6.26. The molecule has 0 heterocycles. The number of hydrogen-bond donors (Lipinski definition) is 1. The normalized spacial score (nSPS) is 15.8. The summed E-state index contributed by atoms with van der Waals surface area (Å²) in [5.41, 5.74) is 1.56. The number of carbonyl (C=O) groups is 1. The van der Waals surface area contributed by atoms with Crippen LogP contribution >= 0.6 is 0 Å². The van der Waals surface area contributed by atoms with Gasteiger partial charge in [-0.25, -0.2) is 12.7 Å². The number of carbonyl (C=O) groups excluding carboxylic acids is 1. The Hall–Kier alpha value is -2.18. The summed E-state index contributed by atoms with van der Waals surface area (Å²) in [5.74, 6) is 0.286. The number of amides is 1. The molecule has 2 aromatic rings. The van der Waals surface area contributed by atoms with Gasteiger partial charge in [0.25, 0.3) is 5.91 Å². The summed E-state index contributed by atoms with van der Waals surface area (Å²) >= 11 is 0. The molecule has 1 fully saturated rings. The quantitative estimate of drug-likeness (QED) is 0.863. The molecule has 6 heteroatoms. The van der Waals surface area contributed by atoms with Crippen molar-refractivity contribution in [3.8, 4) is 0 Å². The van der Waals surface area contributed by atoms with Gasteiger partial charge in [-0.2, -0.15) is 0 Å². The zero-order chi connectivity index (χ0) is 18.0. The van der Waals surface area contributed by atoms with Crippen LogP contribution in [0.4, 0.5) is 0 Å². The average molecular weight is 358 g/mol. The van der Waals surface area contributed by atoms with Crippen LogP contribution in [-0.4, -0.2) is 32.7 Å². The van der Waals surface area contributed by atoms with Crippen LogP contribution in [0.2, 0.25) is 0 Å². The zero-order valence-corrected chi connectivity index (χ0v) is 15.2. The molecule has 1 unspecified atom stereocenters. The molecule has 0 radical (unpaired) electrons. The van der Waals surface area contributed by atoms with E-state index < -0.39 is 10.0 Å².